The maximum absolute atomic E-state index is 5.66. The standard InChI is InChI=1S/C15H24BrNO/c1-13-6-7-14(18-13)10-17(2)12-15(11-16)8-4-3-5-9-15/h6-7H,3-5,8-12H2,1-2H3. The molecule has 1 heterocycles. The van der Waals surface area contributed by atoms with Gasteiger partial charge in [0.1, 0.15) is 11.5 Å². The summed E-state index contributed by atoms with van der Waals surface area (Å²) in [4.78, 5) is 2.41. The number of alkyl halides is 1. The summed E-state index contributed by atoms with van der Waals surface area (Å²) in [5.41, 5.74) is 0.481. The van der Waals surface area contributed by atoms with Gasteiger partial charge in [-0.15, -0.1) is 0 Å². The van der Waals surface area contributed by atoms with Crippen LogP contribution in [0.2, 0.25) is 0 Å². The number of hydrogen-bond donors (Lipinski definition) is 0. The Morgan fingerprint density at radius 3 is 2.56 bits per heavy atom. The van der Waals surface area contributed by atoms with Crippen molar-refractivity contribution in [2.75, 3.05) is 18.9 Å². The largest absolute Gasteiger partial charge is 0.465 e. The molecule has 0 saturated heterocycles. The van der Waals surface area contributed by atoms with Crippen LogP contribution in [0, 0.1) is 12.3 Å². The molecule has 0 amide bonds. The number of rotatable bonds is 5. The molecular formula is C15H24BrNO. The molecule has 2 rings (SSSR count). The number of hydrogen-bond acceptors (Lipinski definition) is 2. The van der Waals surface area contributed by atoms with E-state index < -0.39 is 0 Å². The smallest absolute Gasteiger partial charge is 0.118 e. The Labute approximate surface area is 119 Å². The Bertz CT molecular complexity index is 368. The normalized spacial score (nSPS) is 19.3. The number of furan rings is 1. The van der Waals surface area contributed by atoms with E-state index in [0.29, 0.717) is 5.41 Å². The molecule has 0 N–H and O–H groups in total. The van der Waals surface area contributed by atoms with Gasteiger partial charge in [0.05, 0.1) is 6.54 Å². The van der Waals surface area contributed by atoms with E-state index in [9.17, 15) is 0 Å². The molecule has 0 bridgehead atoms. The quantitative estimate of drug-likeness (QED) is 0.751. The van der Waals surface area contributed by atoms with E-state index in [1.54, 1.807) is 0 Å². The Morgan fingerprint density at radius 1 is 1.28 bits per heavy atom. The molecule has 0 aromatic carbocycles. The number of nitrogens with zero attached hydrogens (tertiary/aromatic N) is 1. The van der Waals surface area contributed by atoms with Gasteiger partial charge in [-0.2, -0.15) is 0 Å². The summed E-state index contributed by atoms with van der Waals surface area (Å²) < 4.78 is 5.66. The second kappa shape index (κ2) is 6.25. The minimum atomic E-state index is 0.481. The Balaban J connectivity index is 1.90. The minimum Gasteiger partial charge on any atom is -0.465 e. The summed E-state index contributed by atoms with van der Waals surface area (Å²) in [7, 11) is 2.21. The van der Waals surface area contributed by atoms with Crippen LogP contribution in [0.15, 0.2) is 16.5 Å². The first-order valence-corrected chi connectivity index (χ1v) is 8.06. The Morgan fingerprint density at radius 2 is 2.00 bits per heavy atom. The molecule has 102 valence electrons. The molecule has 18 heavy (non-hydrogen) atoms. The zero-order chi connectivity index (χ0) is 13.0. The second-order valence-electron chi connectivity index (χ2n) is 5.88. The van der Waals surface area contributed by atoms with Crippen LogP contribution >= 0.6 is 15.9 Å². The molecule has 3 heteroatoms. The van der Waals surface area contributed by atoms with E-state index in [1.807, 2.05) is 13.0 Å². The van der Waals surface area contributed by atoms with Gasteiger partial charge in [-0.05, 0) is 44.4 Å². The number of halogens is 1. The number of aryl methyl sites for hydroxylation is 1. The van der Waals surface area contributed by atoms with E-state index in [1.165, 1.54) is 32.1 Å². The first-order valence-electron chi connectivity index (χ1n) is 6.93. The fourth-order valence-electron chi connectivity index (χ4n) is 3.10. The topological polar surface area (TPSA) is 16.4 Å². The van der Waals surface area contributed by atoms with Crippen LogP contribution < -0.4 is 0 Å². The average Bonchev–Trinajstić information content (AvgIpc) is 2.75. The van der Waals surface area contributed by atoms with Crippen LogP contribution in [0.4, 0.5) is 0 Å². The predicted octanol–water partition coefficient (Wildman–Crippen LogP) is 4.37. The summed E-state index contributed by atoms with van der Waals surface area (Å²) >= 11 is 3.74. The highest BCUT2D eigenvalue weighted by molar-refractivity contribution is 9.09. The van der Waals surface area contributed by atoms with Gasteiger partial charge in [0.15, 0.2) is 0 Å². The van der Waals surface area contributed by atoms with Crippen molar-refractivity contribution >= 4 is 15.9 Å². The third-order valence-electron chi connectivity index (χ3n) is 4.02. The fraction of sp³-hybridized carbons (Fsp3) is 0.733. The van der Waals surface area contributed by atoms with E-state index >= 15 is 0 Å². The molecule has 0 atom stereocenters. The Hall–Kier alpha value is -0.280. The molecule has 2 nitrogen and oxygen atoms in total. The van der Waals surface area contributed by atoms with Crippen molar-refractivity contribution in [3.05, 3.63) is 23.7 Å². The molecular weight excluding hydrogens is 290 g/mol. The molecule has 1 aromatic rings. The van der Waals surface area contributed by atoms with E-state index in [2.05, 4.69) is 33.9 Å². The van der Waals surface area contributed by atoms with Crippen molar-refractivity contribution in [3.63, 3.8) is 0 Å². The van der Waals surface area contributed by atoms with Gasteiger partial charge >= 0.3 is 0 Å². The first kappa shape index (κ1) is 14.1. The lowest BCUT2D eigenvalue weighted by atomic mass is 9.75. The van der Waals surface area contributed by atoms with Crippen LogP contribution in [0.5, 0.6) is 0 Å². The fourth-order valence-corrected chi connectivity index (χ4v) is 3.84. The molecule has 1 aliphatic carbocycles. The lowest BCUT2D eigenvalue weighted by Gasteiger charge is -2.38. The van der Waals surface area contributed by atoms with Gasteiger partial charge in [-0.3, -0.25) is 4.90 Å². The molecule has 1 aliphatic rings. The zero-order valence-electron chi connectivity index (χ0n) is 11.5. The summed E-state index contributed by atoms with van der Waals surface area (Å²) in [6.07, 6.45) is 6.91. The zero-order valence-corrected chi connectivity index (χ0v) is 13.1. The van der Waals surface area contributed by atoms with Crippen molar-refractivity contribution in [2.24, 2.45) is 5.41 Å². The van der Waals surface area contributed by atoms with Crippen LogP contribution in [0.25, 0.3) is 0 Å². The van der Waals surface area contributed by atoms with Crippen molar-refractivity contribution in [2.45, 2.75) is 45.6 Å². The Kier molecular flexibility index (Phi) is 4.91. The molecule has 1 saturated carbocycles. The van der Waals surface area contributed by atoms with Gasteiger partial charge in [-0.25, -0.2) is 0 Å². The summed E-state index contributed by atoms with van der Waals surface area (Å²) in [6, 6.07) is 4.14. The predicted molar refractivity (Wildman–Crippen MR) is 79.1 cm³/mol. The van der Waals surface area contributed by atoms with Gasteiger partial charge in [0.25, 0.3) is 0 Å². The third-order valence-corrected chi connectivity index (χ3v) is 5.21. The van der Waals surface area contributed by atoms with Crippen molar-refractivity contribution in [3.8, 4) is 0 Å². The lowest BCUT2D eigenvalue weighted by molar-refractivity contribution is 0.136. The van der Waals surface area contributed by atoms with E-state index in [4.69, 9.17) is 4.42 Å². The van der Waals surface area contributed by atoms with Gasteiger partial charge in [0.2, 0.25) is 0 Å². The molecule has 0 spiro atoms. The highest BCUT2D eigenvalue weighted by Crippen LogP contribution is 2.38. The van der Waals surface area contributed by atoms with Crippen molar-refractivity contribution < 1.29 is 4.42 Å². The molecule has 1 aromatic heterocycles. The average molecular weight is 314 g/mol. The molecule has 1 fully saturated rings. The summed E-state index contributed by atoms with van der Waals surface area (Å²) in [5, 5.41) is 1.13. The third kappa shape index (κ3) is 3.61. The van der Waals surface area contributed by atoms with Crippen LogP contribution in [-0.4, -0.2) is 23.8 Å². The molecule has 0 radical (unpaired) electrons. The van der Waals surface area contributed by atoms with Gasteiger partial charge in [-0.1, -0.05) is 35.2 Å². The molecule has 0 aliphatic heterocycles. The van der Waals surface area contributed by atoms with E-state index in [-0.39, 0.29) is 0 Å². The minimum absolute atomic E-state index is 0.481. The van der Waals surface area contributed by atoms with Gasteiger partial charge in [0, 0.05) is 11.9 Å². The highest BCUT2D eigenvalue weighted by Gasteiger charge is 2.32. The van der Waals surface area contributed by atoms with Crippen molar-refractivity contribution in [1.82, 2.24) is 4.90 Å². The van der Waals surface area contributed by atoms with Crippen LogP contribution in [-0.2, 0) is 6.54 Å². The van der Waals surface area contributed by atoms with Gasteiger partial charge < -0.3 is 4.42 Å². The summed E-state index contributed by atoms with van der Waals surface area (Å²) in [5.74, 6) is 2.09. The van der Waals surface area contributed by atoms with Crippen LogP contribution in [0.1, 0.15) is 43.6 Å². The summed E-state index contributed by atoms with van der Waals surface area (Å²) in [6.45, 7) is 4.09. The highest BCUT2D eigenvalue weighted by atomic mass is 79.9. The SMILES string of the molecule is Cc1ccc(CN(C)CC2(CBr)CCCCC2)o1. The van der Waals surface area contributed by atoms with Crippen LogP contribution in [0.3, 0.4) is 0 Å². The molecule has 0 unspecified atom stereocenters. The van der Waals surface area contributed by atoms with Crippen molar-refractivity contribution in [1.29, 1.82) is 0 Å². The monoisotopic (exact) mass is 313 g/mol. The maximum Gasteiger partial charge on any atom is 0.118 e. The second-order valence-corrected chi connectivity index (χ2v) is 6.44. The maximum atomic E-state index is 5.66. The first-order chi connectivity index (χ1) is 8.63. The van der Waals surface area contributed by atoms with E-state index in [0.717, 1.165) is 29.9 Å². The lowest BCUT2D eigenvalue weighted by Crippen LogP contribution is -2.38.